The molecule has 3 heterocycles. The number of para-hydroxylation sites is 3. The van der Waals surface area contributed by atoms with Gasteiger partial charge in [0.2, 0.25) is 0 Å². The van der Waals surface area contributed by atoms with Crippen molar-refractivity contribution in [1.82, 2.24) is 19.1 Å². The lowest BCUT2D eigenvalue weighted by Crippen LogP contribution is -1.99. The van der Waals surface area contributed by atoms with E-state index >= 15 is 0 Å². The molecule has 0 spiro atoms. The molecule has 4 nitrogen and oxygen atoms in total. The van der Waals surface area contributed by atoms with Crippen LogP contribution in [0.4, 0.5) is 0 Å². The first kappa shape index (κ1) is 35.6. The van der Waals surface area contributed by atoms with Crippen LogP contribution in [0.5, 0.6) is 0 Å². The smallest absolute Gasteiger partial charge is 0.160 e. The minimum absolute atomic E-state index is 0.735. The van der Waals surface area contributed by atoms with Crippen LogP contribution in [0.15, 0.2) is 182 Å². The Morgan fingerprint density at radius 2 is 0.833 bits per heavy atom. The Labute approximate surface area is 349 Å². The lowest BCUT2D eigenvalue weighted by atomic mass is 9.93. The predicted molar refractivity (Wildman–Crippen MR) is 251 cm³/mol. The van der Waals surface area contributed by atoms with E-state index in [1.807, 2.05) is 0 Å². The Balaban J connectivity index is 0.981. The van der Waals surface area contributed by atoms with Gasteiger partial charge in [-0.25, -0.2) is 9.97 Å². The van der Waals surface area contributed by atoms with Gasteiger partial charge in [0.05, 0.1) is 33.5 Å². The molecule has 0 radical (unpaired) electrons. The van der Waals surface area contributed by atoms with E-state index in [0.717, 1.165) is 45.3 Å². The molecule has 0 bridgehead atoms. The van der Waals surface area contributed by atoms with Crippen molar-refractivity contribution in [2.75, 3.05) is 0 Å². The lowest BCUT2D eigenvalue weighted by Gasteiger charge is -2.16. The van der Waals surface area contributed by atoms with Crippen LogP contribution in [0.3, 0.4) is 0 Å². The van der Waals surface area contributed by atoms with Gasteiger partial charge in [0.15, 0.2) is 5.82 Å². The third-order valence-corrected chi connectivity index (χ3v) is 12.1. The standard InChI is InChI=1S/C56H42N4/c1-35-13-11-15-40(29-35)49-34-50(58-56(57-49)41-16-12-14-36(2)30-41)55-37(3)31-42(32-38(55)4)39-23-25-43(26-24-39)59-53-22-10-7-19-47(53)48-33-44(27-28-54(48)59)60-51-20-8-5-17-45(51)46-18-6-9-21-52(46)60/h5-34H,1-4H3. The molecule has 8 aromatic carbocycles. The van der Waals surface area contributed by atoms with E-state index in [2.05, 4.69) is 219 Å². The third-order valence-electron chi connectivity index (χ3n) is 12.1. The van der Waals surface area contributed by atoms with Crippen molar-refractivity contribution in [3.8, 4) is 56.4 Å². The van der Waals surface area contributed by atoms with Crippen LogP contribution in [0.2, 0.25) is 0 Å². The first-order valence-corrected chi connectivity index (χ1v) is 20.7. The number of benzene rings is 8. The summed E-state index contributed by atoms with van der Waals surface area (Å²) in [5.41, 5.74) is 19.3. The van der Waals surface area contributed by atoms with Crippen LogP contribution < -0.4 is 0 Å². The minimum Gasteiger partial charge on any atom is -0.309 e. The average molecular weight is 771 g/mol. The van der Waals surface area contributed by atoms with E-state index in [9.17, 15) is 0 Å². The van der Waals surface area contributed by atoms with E-state index in [1.165, 1.54) is 77.0 Å². The van der Waals surface area contributed by atoms with Gasteiger partial charge in [0.25, 0.3) is 0 Å². The molecule has 0 saturated heterocycles. The van der Waals surface area contributed by atoms with Gasteiger partial charge in [-0.2, -0.15) is 0 Å². The fourth-order valence-corrected chi connectivity index (χ4v) is 9.36. The molecule has 4 heteroatoms. The summed E-state index contributed by atoms with van der Waals surface area (Å²) in [6.07, 6.45) is 0. The molecule has 0 saturated carbocycles. The molecular formula is C56H42N4. The summed E-state index contributed by atoms with van der Waals surface area (Å²) in [5.74, 6) is 0.735. The Morgan fingerprint density at radius 1 is 0.333 bits per heavy atom. The zero-order chi connectivity index (χ0) is 40.5. The Bertz CT molecular complexity index is 3330. The maximum atomic E-state index is 5.21. The summed E-state index contributed by atoms with van der Waals surface area (Å²) < 4.78 is 4.80. The van der Waals surface area contributed by atoms with Gasteiger partial charge < -0.3 is 9.13 Å². The highest BCUT2D eigenvalue weighted by Gasteiger charge is 2.18. The molecular weight excluding hydrogens is 729 g/mol. The maximum Gasteiger partial charge on any atom is 0.160 e. The summed E-state index contributed by atoms with van der Waals surface area (Å²) in [5, 5.41) is 5.01. The number of fused-ring (bicyclic) bond motifs is 6. The number of nitrogens with zero attached hydrogens (tertiary/aromatic N) is 4. The summed E-state index contributed by atoms with van der Waals surface area (Å²) in [7, 11) is 0. The van der Waals surface area contributed by atoms with Crippen LogP contribution in [0.1, 0.15) is 22.3 Å². The molecule has 3 aromatic heterocycles. The second-order valence-electron chi connectivity index (χ2n) is 16.2. The van der Waals surface area contributed by atoms with Crippen LogP contribution in [-0.4, -0.2) is 19.1 Å². The number of hydrogen-bond donors (Lipinski definition) is 0. The molecule has 0 amide bonds. The van der Waals surface area contributed by atoms with Crippen molar-refractivity contribution in [2.24, 2.45) is 0 Å². The second kappa shape index (κ2) is 14.1. The zero-order valence-electron chi connectivity index (χ0n) is 34.1. The Kier molecular flexibility index (Phi) is 8.35. The van der Waals surface area contributed by atoms with E-state index in [1.54, 1.807) is 0 Å². The molecule has 11 rings (SSSR count). The quantitative estimate of drug-likeness (QED) is 0.169. The van der Waals surface area contributed by atoms with Crippen molar-refractivity contribution >= 4 is 43.6 Å². The van der Waals surface area contributed by atoms with Gasteiger partial charge >= 0.3 is 0 Å². The van der Waals surface area contributed by atoms with E-state index in [4.69, 9.17) is 9.97 Å². The molecule has 60 heavy (non-hydrogen) atoms. The van der Waals surface area contributed by atoms with Gasteiger partial charge in [0, 0.05) is 49.6 Å². The SMILES string of the molecule is Cc1cccc(-c2cc(-c3c(C)cc(-c4ccc(-n5c6ccccc6c6cc(-n7c8ccccc8c8ccccc87)ccc65)cc4)cc3C)nc(-c3cccc(C)c3)n2)c1. The van der Waals surface area contributed by atoms with Gasteiger partial charge in [-0.05, 0) is 117 Å². The van der Waals surface area contributed by atoms with Crippen LogP contribution in [0, 0.1) is 27.7 Å². The van der Waals surface area contributed by atoms with Crippen LogP contribution >= 0.6 is 0 Å². The molecule has 0 unspecified atom stereocenters. The molecule has 286 valence electrons. The Morgan fingerprint density at radius 3 is 1.45 bits per heavy atom. The minimum atomic E-state index is 0.735. The third kappa shape index (κ3) is 5.91. The van der Waals surface area contributed by atoms with Crippen molar-refractivity contribution in [3.05, 3.63) is 204 Å². The summed E-state index contributed by atoms with van der Waals surface area (Å²) >= 11 is 0. The molecule has 0 fully saturated rings. The number of hydrogen-bond acceptors (Lipinski definition) is 2. The van der Waals surface area contributed by atoms with E-state index < -0.39 is 0 Å². The highest BCUT2D eigenvalue weighted by Crippen LogP contribution is 2.39. The Hall–Kier alpha value is -7.56. The average Bonchev–Trinajstić information content (AvgIpc) is 3.79. The molecule has 0 aliphatic carbocycles. The van der Waals surface area contributed by atoms with E-state index in [-0.39, 0.29) is 0 Å². The van der Waals surface area contributed by atoms with Crippen molar-refractivity contribution in [3.63, 3.8) is 0 Å². The van der Waals surface area contributed by atoms with Crippen LogP contribution in [0.25, 0.3) is 100 Å². The summed E-state index contributed by atoms with van der Waals surface area (Å²) in [4.78, 5) is 10.3. The maximum absolute atomic E-state index is 5.21. The number of aryl methyl sites for hydroxylation is 4. The van der Waals surface area contributed by atoms with Gasteiger partial charge in [0.1, 0.15) is 0 Å². The lowest BCUT2D eigenvalue weighted by molar-refractivity contribution is 1.16. The molecule has 11 aromatic rings. The highest BCUT2D eigenvalue weighted by atomic mass is 15.0. The monoisotopic (exact) mass is 770 g/mol. The molecule has 0 aliphatic heterocycles. The number of aromatic nitrogens is 4. The first-order valence-electron chi connectivity index (χ1n) is 20.7. The largest absolute Gasteiger partial charge is 0.309 e. The summed E-state index contributed by atoms with van der Waals surface area (Å²) in [6, 6.07) is 65.9. The fourth-order valence-electron chi connectivity index (χ4n) is 9.36. The topological polar surface area (TPSA) is 35.6 Å². The van der Waals surface area contributed by atoms with Gasteiger partial charge in [-0.1, -0.05) is 126 Å². The fraction of sp³-hybridized carbons (Fsp3) is 0.0714. The van der Waals surface area contributed by atoms with Gasteiger partial charge in [-0.15, -0.1) is 0 Å². The highest BCUT2D eigenvalue weighted by molar-refractivity contribution is 6.12. The van der Waals surface area contributed by atoms with Crippen molar-refractivity contribution in [1.29, 1.82) is 0 Å². The predicted octanol–water partition coefficient (Wildman–Crippen LogP) is 14.6. The van der Waals surface area contributed by atoms with Crippen molar-refractivity contribution in [2.45, 2.75) is 27.7 Å². The second-order valence-corrected chi connectivity index (χ2v) is 16.2. The summed E-state index contributed by atoms with van der Waals surface area (Å²) in [6.45, 7) is 8.64. The first-order chi connectivity index (χ1) is 29.4. The molecule has 0 aliphatic rings. The number of rotatable bonds is 6. The normalized spacial score (nSPS) is 11.7. The van der Waals surface area contributed by atoms with Crippen LogP contribution in [-0.2, 0) is 0 Å². The van der Waals surface area contributed by atoms with Gasteiger partial charge in [-0.3, -0.25) is 0 Å². The van der Waals surface area contributed by atoms with Crippen molar-refractivity contribution < 1.29 is 0 Å². The molecule has 0 atom stereocenters. The van der Waals surface area contributed by atoms with E-state index in [0.29, 0.717) is 0 Å². The molecule has 0 N–H and O–H groups in total. The zero-order valence-corrected chi connectivity index (χ0v) is 34.1.